The maximum atomic E-state index is 12.4. The van der Waals surface area contributed by atoms with Crippen molar-refractivity contribution in [3.63, 3.8) is 0 Å². The molecule has 7 nitrogen and oxygen atoms in total. The number of carbonyl (C=O) groups is 1. The lowest BCUT2D eigenvalue weighted by atomic mass is 10.0. The van der Waals surface area contributed by atoms with Crippen molar-refractivity contribution in [3.8, 4) is 34.0 Å². The summed E-state index contributed by atoms with van der Waals surface area (Å²) in [5.74, 6) is 1.66. The highest BCUT2D eigenvalue weighted by Gasteiger charge is 2.18. The summed E-state index contributed by atoms with van der Waals surface area (Å²) < 4.78 is 5.90. The van der Waals surface area contributed by atoms with Gasteiger partial charge in [-0.3, -0.25) is 9.89 Å². The molecule has 162 valence electrons. The van der Waals surface area contributed by atoms with E-state index in [9.17, 15) is 4.79 Å². The lowest BCUT2D eigenvalue weighted by Gasteiger charge is -2.12. The Morgan fingerprint density at radius 2 is 1.64 bits per heavy atom. The van der Waals surface area contributed by atoms with E-state index in [4.69, 9.17) is 15.5 Å². The fourth-order valence-electron chi connectivity index (χ4n) is 3.76. The van der Waals surface area contributed by atoms with Gasteiger partial charge in [0.25, 0.3) is 5.91 Å². The summed E-state index contributed by atoms with van der Waals surface area (Å²) in [5.41, 5.74) is 10.3. The number of fused-ring (bicyclic) bond motifs is 1. The predicted octanol–water partition coefficient (Wildman–Crippen LogP) is 5.03. The van der Waals surface area contributed by atoms with E-state index in [1.807, 2.05) is 78.9 Å². The Balaban J connectivity index is 1.60. The number of rotatable bonds is 5. The molecule has 0 fully saturated rings. The fourth-order valence-corrected chi connectivity index (χ4v) is 3.76. The van der Waals surface area contributed by atoms with Gasteiger partial charge in [0.2, 0.25) is 0 Å². The van der Waals surface area contributed by atoms with Crippen LogP contribution < -0.4 is 15.8 Å². The van der Waals surface area contributed by atoms with Gasteiger partial charge in [0.05, 0.1) is 22.3 Å². The molecule has 5 aromatic rings. The largest absolute Gasteiger partial charge is 0.457 e. The summed E-state index contributed by atoms with van der Waals surface area (Å²) in [7, 11) is 1.61. The van der Waals surface area contributed by atoms with Crippen molar-refractivity contribution >= 4 is 22.6 Å². The van der Waals surface area contributed by atoms with Gasteiger partial charge in [-0.25, -0.2) is 4.98 Å². The lowest BCUT2D eigenvalue weighted by molar-refractivity contribution is 0.0963. The van der Waals surface area contributed by atoms with Crippen LogP contribution in [0.5, 0.6) is 11.5 Å². The quantitative estimate of drug-likeness (QED) is 0.359. The summed E-state index contributed by atoms with van der Waals surface area (Å²) in [6.45, 7) is 0. The van der Waals surface area contributed by atoms with Crippen LogP contribution >= 0.6 is 0 Å². The Morgan fingerprint density at radius 1 is 0.939 bits per heavy atom. The molecule has 2 aromatic heterocycles. The molecule has 2 heterocycles. The van der Waals surface area contributed by atoms with E-state index in [0.717, 1.165) is 27.8 Å². The van der Waals surface area contributed by atoms with Crippen molar-refractivity contribution in [3.05, 3.63) is 90.5 Å². The SMILES string of the molecule is CNC(=O)c1ccccc1-c1cc2[nH]nc(N)c2c(-c2ccc(Oc3ccccc3)cc2)n1. The van der Waals surface area contributed by atoms with Crippen LogP contribution in [0, 0.1) is 0 Å². The summed E-state index contributed by atoms with van der Waals surface area (Å²) in [4.78, 5) is 17.3. The number of anilines is 1. The first kappa shape index (κ1) is 20.3. The second kappa shape index (κ2) is 8.47. The van der Waals surface area contributed by atoms with Gasteiger partial charge in [-0.2, -0.15) is 5.10 Å². The molecular formula is C26H21N5O2. The van der Waals surface area contributed by atoms with Crippen LogP contribution in [0.25, 0.3) is 33.4 Å². The third-order valence-electron chi connectivity index (χ3n) is 5.35. The first-order valence-corrected chi connectivity index (χ1v) is 10.4. The Bertz CT molecular complexity index is 1440. The molecule has 0 aliphatic rings. The number of nitrogens with two attached hydrogens (primary N) is 1. The smallest absolute Gasteiger partial charge is 0.251 e. The Kier molecular flexibility index (Phi) is 5.20. The number of nitrogens with zero attached hydrogens (tertiary/aromatic N) is 2. The van der Waals surface area contributed by atoms with Crippen molar-refractivity contribution in [1.29, 1.82) is 0 Å². The number of amides is 1. The van der Waals surface area contributed by atoms with Crippen LogP contribution in [0.4, 0.5) is 5.82 Å². The van der Waals surface area contributed by atoms with E-state index in [1.165, 1.54) is 0 Å². The van der Waals surface area contributed by atoms with Crippen molar-refractivity contribution in [1.82, 2.24) is 20.5 Å². The molecule has 5 rings (SSSR count). The minimum absolute atomic E-state index is 0.180. The Morgan fingerprint density at radius 3 is 2.39 bits per heavy atom. The van der Waals surface area contributed by atoms with Crippen molar-refractivity contribution < 1.29 is 9.53 Å². The molecule has 0 unspecified atom stereocenters. The summed E-state index contributed by atoms with van der Waals surface area (Å²) in [6, 6.07) is 26.4. The maximum Gasteiger partial charge on any atom is 0.251 e. The fraction of sp³-hybridized carbons (Fsp3) is 0.0385. The number of benzene rings is 3. The topological polar surface area (TPSA) is 106 Å². The van der Waals surface area contributed by atoms with Crippen LogP contribution in [0.2, 0.25) is 0 Å². The van der Waals surface area contributed by atoms with Gasteiger partial charge in [-0.05, 0) is 48.5 Å². The van der Waals surface area contributed by atoms with E-state index in [2.05, 4.69) is 15.5 Å². The third kappa shape index (κ3) is 3.87. The van der Waals surface area contributed by atoms with Crippen LogP contribution in [-0.2, 0) is 0 Å². The number of hydrogen-bond acceptors (Lipinski definition) is 5. The molecule has 0 spiro atoms. The first-order chi connectivity index (χ1) is 16.1. The zero-order valence-corrected chi connectivity index (χ0v) is 17.9. The van der Waals surface area contributed by atoms with Gasteiger partial charge in [-0.1, -0.05) is 36.4 Å². The highest BCUT2D eigenvalue weighted by atomic mass is 16.5. The van der Waals surface area contributed by atoms with Crippen LogP contribution in [-0.4, -0.2) is 28.1 Å². The number of nitrogen functional groups attached to an aromatic ring is 1. The number of carbonyl (C=O) groups excluding carboxylic acids is 1. The van der Waals surface area contributed by atoms with E-state index in [1.54, 1.807) is 13.1 Å². The molecule has 33 heavy (non-hydrogen) atoms. The molecule has 0 saturated heterocycles. The summed E-state index contributed by atoms with van der Waals surface area (Å²) >= 11 is 0. The minimum Gasteiger partial charge on any atom is -0.457 e. The van der Waals surface area contributed by atoms with Crippen molar-refractivity contribution in [2.45, 2.75) is 0 Å². The number of aromatic nitrogens is 3. The third-order valence-corrected chi connectivity index (χ3v) is 5.35. The van der Waals surface area contributed by atoms with Gasteiger partial charge in [0.1, 0.15) is 11.5 Å². The Labute approximate surface area is 190 Å². The van der Waals surface area contributed by atoms with Gasteiger partial charge in [0.15, 0.2) is 5.82 Å². The van der Waals surface area contributed by atoms with Crippen molar-refractivity contribution in [2.75, 3.05) is 12.8 Å². The van der Waals surface area contributed by atoms with Gasteiger partial charge in [-0.15, -0.1) is 0 Å². The second-order valence-electron chi connectivity index (χ2n) is 7.45. The molecule has 7 heteroatoms. The lowest BCUT2D eigenvalue weighted by Crippen LogP contribution is -2.18. The predicted molar refractivity (Wildman–Crippen MR) is 129 cm³/mol. The summed E-state index contributed by atoms with van der Waals surface area (Å²) in [5, 5.41) is 10.6. The van der Waals surface area contributed by atoms with Crippen molar-refractivity contribution in [2.24, 2.45) is 0 Å². The monoisotopic (exact) mass is 435 g/mol. The van der Waals surface area contributed by atoms with Crippen LogP contribution in [0.3, 0.4) is 0 Å². The number of hydrogen-bond donors (Lipinski definition) is 3. The first-order valence-electron chi connectivity index (χ1n) is 10.4. The number of aromatic amines is 1. The molecule has 3 aromatic carbocycles. The number of ether oxygens (including phenoxy) is 1. The highest BCUT2D eigenvalue weighted by Crippen LogP contribution is 2.35. The second-order valence-corrected chi connectivity index (χ2v) is 7.45. The maximum absolute atomic E-state index is 12.4. The zero-order valence-electron chi connectivity index (χ0n) is 17.9. The highest BCUT2D eigenvalue weighted by molar-refractivity contribution is 6.04. The zero-order chi connectivity index (χ0) is 22.8. The number of nitrogens with one attached hydrogen (secondary N) is 2. The molecule has 4 N–H and O–H groups in total. The van der Waals surface area contributed by atoms with Crippen LogP contribution in [0.15, 0.2) is 84.9 Å². The molecule has 0 saturated carbocycles. The normalized spacial score (nSPS) is 10.8. The number of H-pyrrole nitrogens is 1. The number of pyridine rings is 1. The molecule has 1 amide bonds. The van der Waals surface area contributed by atoms with E-state index in [-0.39, 0.29) is 5.91 Å². The van der Waals surface area contributed by atoms with Gasteiger partial charge in [0, 0.05) is 23.7 Å². The van der Waals surface area contributed by atoms with E-state index >= 15 is 0 Å². The summed E-state index contributed by atoms with van der Waals surface area (Å²) in [6.07, 6.45) is 0. The van der Waals surface area contributed by atoms with E-state index in [0.29, 0.717) is 28.5 Å². The molecule has 0 aliphatic carbocycles. The van der Waals surface area contributed by atoms with Gasteiger partial charge < -0.3 is 15.8 Å². The molecular weight excluding hydrogens is 414 g/mol. The molecule has 0 radical (unpaired) electrons. The van der Waals surface area contributed by atoms with Gasteiger partial charge >= 0.3 is 0 Å². The number of para-hydroxylation sites is 1. The average Bonchev–Trinajstić information content (AvgIpc) is 3.25. The molecule has 0 aliphatic heterocycles. The average molecular weight is 435 g/mol. The Hall–Kier alpha value is -4.65. The molecule has 0 atom stereocenters. The van der Waals surface area contributed by atoms with E-state index < -0.39 is 0 Å². The standard InChI is InChI=1S/C26H21N5O2/c1-28-26(32)20-10-6-5-9-19(20)21-15-22-23(25(27)31-30-22)24(29-21)16-11-13-18(14-12-16)33-17-7-3-2-4-8-17/h2-15H,1H3,(H,28,32)(H3,27,30,31). The minimum atomic E-state index is -0.180. The molecule has 0 bridgehead atoms. The van der Waals surface area contributed by atoms with Crippen LogP contribution in [0.1, 0.15) is 10.4 Å².